The number of nitrogens with zero attached hydrogens (tertiary/aromatic N) is 2. The number of carbonyl (C=O) groups is 2. The molecule has 0 aliphatic rings. The zero-order chi connectivity index (χ0) is 27.0. The molecule has 8 nitrogen and oxygen atoms in total. The maximum Gasteiger partial charge on any atom is 0.244 e. The van der Waals surface area contributed by atoms with Gasteiger partial charge in [-0.05, 0) is 63.6 Å². The SMILES string of the molecule is CCOc1ccc(N(CC(=O)N(Cc2c(Cl)cccc2Cl)C(C)C(=O)NC(C)CC)S(C)(=O)=O)cc1. The van der Waals surface area contributed by atoms with Crippen LogP contribution in [0.2, 0.25) is 10.0 Å². The van der Waals surface area contributed by atoms with Crippen molar-refractivity contribution in [2.24, 2.45) is 0 Å². The second-order valence-electron chi connectivity index (χ2n) is 8.41. The van der Waals surface area contributed by atoms with Gasteiger partial charge in [0.25, 0.3) is 0 Å². The lowest BCUT2D eigenvalue weighted by Crippen LogP contribution is -2.52. The third kappa shape index (κ3) is 8.01. The maximum absolute atomic E-state index is 13.6. The van der Waals surface area contributed by atoms with Crippen LogP contribution in [-0.2, 0) is 26.2 Å². The van der Waals surface area contributed by atoms with E-state index in [4.69, 9.17) is 27.9 Å². The van der Waals surface area contributed by atoms with Gasteiger partial charge in [0.05, 0.1) is 18.6 Å². The number of sulfonamides is 1. The fourth-order valence-corrected chi connectivity index (χ4v) is 4.76. The first-order chi connectivity index (χ1) is 16.9. The average molecular weight is 559 g/mol. The molecule has 11 heteroatoms. The van der Waals surface area contributed by atoms with Gasteiger partial charge in [-0.1, -0.05) is 36.2 Å². The van der Waals surface area contributed by atoms with E-state index in [1.54, 1.807) is 49.4 Å². The predicted octanol–water partition coefficient (Wildman–Crippen LogP) is 4.49. The third-order valence-corrected chi connectivity index (χ3v) is 7.52. The summed E-state index contributed by atoms with van der Waals surface area (Å²) in [5.41, 5.74) is 0.756. The van der Waals surface area contributed by atoms with Gasteiger partial charge in [-0.25, -0.2) is 8.42 Å². The molecule has 2 aromatic rings. The summed E-state index contributed by atoms with van der Waals surface area (Å²) in [6.07, 6.45) is 1.73. The van der Waals surface area contributed by atoms with Crippen LogP contribution >= 0.6 is 23.2 Å². The van der Waals surface area contributed by atoms with Crippen molar-refractivity contribution in [3.8, 4) is 5.75 Å². The Labute approximate surface area is 223 Å². The lowest BCUT2D eigenvalue weighted by molar-refractivity contribution is -0.139. The summed E-state index contributed by atoms with van der Waals surface area (Å²) in [5, 5.41) is 3.54. The number of ether oxygens (including phenoxy) is 1. The standard InChI is InChI=1S/C25H33Cl2N3O5S/c1-6-17(3)28-25(32)18(4)29(15-21-22(26)9-8-10-23(21)27)24(31)16-30(36(5,33)34)19-11-13-20(14-12-19)35-7-2/h8-14,17-18H,6-7,15-16H2,1-5H3,(H,28,32). The number of rotatable bonds is 12. The van der Waals surface area contributed by atoms with E-state index in [1.807, 2.05) is 20.8 Å². The molecule has 2 rings (SSSR count). The van der Waals surface area contributed by atoms with Gasteiger partial charge >= 0.3 is 0 Å². The number of carbonyl (C=O) groups excluding carboxylic acids is 2. The van der Waals surface area contributed by atoms with Crippen LogP contribution in [0, 0.1) is 0 Å². The van der Waals surface area contributed by atoms with E-state index in [1.165, 1.54) is 4.90 Å². The Morgan fingerprint density at radius 2 is 1.61 bits per heavy atom. The highest BCUT2D eigenvalue weighted by atomic mass is 35.5. The van der Waals surface area contributed by atoms with Crippen molar-refractivity contribution in [1.29, 1.82) is 0 Å². The number of halogens is 2. The van der Waals surface area contributed by atoms with E-state index in [0.29, 0.717) is 40.1 Å². The summed E-state index contributed by atoms with van der Waals surface area (Å²) in [6.45, 7) is 7.09. The molecule has 0 aliphatic carbocycles. The second-order valence-corrected chi connectivity index (χ2v) is 11.1. The minimum atomic E-state index is -3.84. The largest absolute Gasteiger partial charge is 0.494 e. The summed E-state index contributed by atoms with van der Waals surface area (Å²) in [7, 11) is -3.84. The Bertz CT molecular complexity index is 1140. The first-order valence-electron chi connectivity index (χ1n) is 11.6. The fourth-order valence-electron chi connectivity index (χ4n) is 3.39. The van der Waals surface area contributed by atoms with Crippen LogP contribution in [0.15, 0.2) is 42.5 Å². The molecule has 0 aromatic heterocycles. The zero-order valence-corrected chi connectivity index (χ0v) is 23.5. The minimum Gasteiger partial charge on any atom is -0.494 e. The highest BCUT2D eigenvalue weighted by Crippen LogP contribution is 2.27. The molecule has 0 saturated heterocycles. The van der Waals surface area contributed by atoms with E-state index in [2.05, 4.69) is 5.32 Å². The van der Waals surface area contributed by atoms with E-state index >= 15 is 0 Å². The maximum atomic E-state index is 13.6. The average Bonchev–Trinajstić information content (AvgIpc) is 2.82. The van der Waals surface area contributed by atoms with Gasteiger partial charge in [-0.2, -0.15) is 0 Å². The summed E-state index contributed by atoms with van der Waals surface area (Å²) in [4.78, 5) is 27.8. The van der Waals surface area contributed by atoms with Crippen molar-refractivity contribution in [2.75, 3.05) is 23.7 Å². The Morgan fingerprint density at radius 3 is 2.11 bits per heavy atom. The summed E-state index contributed by atoms with van der Waals surface area (Å²) in [5.74, 6) is -0.378. The number of hydrogen-bond donors (Lipinski definition) is 1. The molecule has 0 radical (unpaired) electrons. The van der Waals surface area contributed by atoms with E-state index < -0.39 is 28.5 Å². The summed E-state index contributed by atoms with van der Waals surface area (Å²) in [6, 6.07) is 10.3. The van der Waals surface area contributed by atoms with Crippen LogP contribution in [0.1, 0.15) is 39.7 Å². The van der Waals surface area contributed by atoms with Gasteiger partial charge in [0, 0.05) is 28.2 Å². The Balaban J connectivity index is 2.42. The highest BCUT2D eigenvalue weighted by molar-refractivity contribution is 7.92. The van der Waals surface area contributed by atoms with Crippen LogP contribution < -0.4 is 14.4 Å². The summed E-state index contributed by atoms with van der Waals surface area (Å²) < 4.78 is 31.7. The number of anilines is 1. The quantitative estimate of drug-likeness (QED) is 0.414. The van der Waals surface area contributed by atoms with E-state index in [0.717, 1.165) is 10.6 Å². The third-order valence-electron chi connectivity index (χ3n) is 5.67. The molecule has 0 spiro atoms. The van der Waals surface area contributed by atoms with Crippen molar-refractivity contribution in [3.63, 3.8) is 0 Å². The van der Waals surface area contributed by atoms with Crippen LogP contribution in [0.5, 0.6) is 5.75 Å². The molecule has 36 heavy (non-hydrogen) atoms. The molecule has 0 heterocycles. The van der Waals surface area contributed by atoms with Gasteiger partial charge in [-0.3, -0.25) is 13.9 Å². The van der Waals surface area contributed by atoms with Crippen molar-refractivity contribution >= 4 is 50.7 Å². The lowest BCUT2D eigenvalue weighted by atomic mass is 10.1. The van der Waals surface area contributed by atoms with Crippen LogP contribution in [-0.4, -0.2) is 56.6 Å². The molecule has 0 fully saturated rings. The van der Waals surface area contributed by atoms with Gasteiger partial charge in [0.1, 0.15) is 18.3 Å². The molecule has 0 saturated carbocycles. The Morgan fingerprint density at radius 1 is 1.03 bits per heavy atom. The molecule has 0 bridgehead atoms. The minimum absolute atomic E-state index is 0.0761. The second kappa shape index (κ2) is 13.2. The first kappa shape index (κ1) is 29.7. The molecule has 198 valence electrons. The lowest BCUT2D eigenvalue weighted by Gasteiger charge is -2.32. The molecule has 2 aromatic carbocycles. The van der Waals surface area contributed by atoms with Crippen LogP contribution in [0.3, 0.4) is 0 Å². The molecule has 1 N–H and O–H groups in total. The van der Waals surface area contributed by atoms with Crippen molar-refractivity contribution in [1.82, 2.24) is 10.2 Å². The smallest absolute Gasteiger partial charge is 0.244 e. The number of amides is 2. The molecular weight excluding hydrogens is 525 g/mol. The molecule has 0 aliphatic heterocycles. The monoisotopic (exact) mass is 557 g/mol. The number of hydrogen-bond acceptors (Lipinski definition) is 5. The topological polar surface area (TPSA) is 96.0 Å². The zero-order valence-electron chi connectivity index (χ0n) is 21.1. The Kier molecular flexibility index (Phi) is 10.9. The number of nitrogens with one attached hydrogen (secondary N) is 1. The van der Waals surface area contributed by atoms with Crippen molar-refractivity contribution < 1.29 is 22.7 Å². The van der Waals surface area contributed by atoms with Gasteiger partial charge < -0.3 is 15.0 Å². The van der Waals surface area contributed by atoms with Gasteiger partial charge in [-0.15, -0.1) is 0 Å². The van der Waals surface area contributed by atoms with Gasteiger partial charge in [0.2, 0.25) is 21.8 Å². The highest BCUT2D eigenvalue weighted by Gasteiger charge is 2.31. The normalized spacial score (nSPS) is 13.0. The first-order valence-corrected chi connectivity index (χ1v) is 14.2. The van der Waals surface area contributed by atoms with Gasteiger partial charge in [0.15, 0.2) is 0 Å². The summed E-state index contributed by atoms with van der Waals surface area (Å²) >= 11 is 12.7. The molecular formula is C25H33Cl2N3O5S. The fraction of sp³-hybridized carbons (Fsp3) is 0.440. The van der Waals surface area contributed by atoms with E-state index in [-0.39, 0.29) is 18.5 Å². The molecule has 2 unspecified atom stereocenters. The van der Waals surface area contributed by atoms with Crippen molar-refractivity contribution in [2.45, 2.75) is 52.7 Å². The van der Waals surface area contributed by atoms with Crippen molar-refractivity contribution in [3.05, 3.63) is 58.1 Å². The Hall–Kier alpha value is -2.49. The van der Waals surface area contributed by atoms with Crippen LogP contribution in [0.4, 0.5) is 5.69 Å². The number of benzene rings is 2. The molecule has 2 atom stereocenters. The molecule has 2 amide bonds. The van der Waals surface area contributed by atoms with E-state index in [9.17, 15) is 18.0 Å². The van der Waals surface area contributed by atoms with Crippen LogP contribution in [0.25, 0.3) is 0 Å². The predicted molar refractivity (Wildman–Crippen MR) is 144 cm³/mol.